The van der Waals surface area contributed by atoms with Gasteiger partial charge in [0, 0.05) is 19.7 Å². The average molecular weight is 255 g/mol. The third kappa shape index (κ3) is 5.29. The van der Waals surface area contributed by atoms with Crippen LogP contribution in [0.3, 0.4) is 0 Å². The zero-order valence-corrected chi connectivity index (χ0v) is 10.5. The standard InChI is InChI=1S/C12H21N3O3/c1-2-5-13-12(18)14-11(17)9-15-6-3-10(8-15)4-7-16/h2,10,16H,1,3-9H2,(H2,13,14,17,18). The van der Waals surface area contributed by atoms with Crippen LogP contribution < -0.4 is 10.6 Å². The lowest BCUT2D eigenvalue weighted by Gasteiger charge is -2.15. The highest BCUT2D eigenvalue weighted by molar-refractivity contribution is 5.95. The summed E-state index contributed by atoms with van der Waals surface area (Å²) in [5, 5.41) is 13.6. The first-order chi connectivity index (χ1) is 8.65. The Balaban J connectivity index is 2.20. The van der Waals surface area contributed by atoms with Crippen LogP contribution in [-0.2, 0) is 4.79 Å². The molecule has 1 saturated heterocycles. The molecule has 1 aliphatic rings. The summed E-state index contributed by atoms with van der Waals surface area (Å²) in [5.41, 5.74) is 0. The fourth-order valence-electron chi connectivity index (χ4n) is 2.05. The van der Waals surface area contributed by atoms with E-state index in [1.807, 2.05) is 4.90 Å². The molecule has 1 unspecified atom stereocenters. The van der Waals surface area contributed by atoms with Gasteiger partial charge in [0.05, 0.1) is 6.54 Å². The van der Waals surface area contributed by atoms with E-state index in [0.717, 1.165) is 25.9 Å². The molecule has 0 aromatic carbocycles. The van der Waals surface area contributed by atoms with E-state index in [0.29, 0.717) is 12.5 Å². The summed E-state index contributed by atoms with van der Waals surface area (Å²) in [6.45, 7) is 5.86. The summed E-state index contributed by atoms with van der Waals surface area (Å²) in [4.78, 5) is 24.8. The number of urea groups is 1. The maximum absolute atomic E-state index is 11.5. The molecule has 0 aliphatic carbocycles. The van der Waals surface area contributed by atoms with Crippen LogP contribution in [0.1, 0.15) is 12.8 Å². The second-order valence-corrected chi connectivity index (χ2v) is 4.45. The van der Waals surface area contributed by atoms with Crippen molar-refractivity contribution in [2.75, 3.05) is 32.8 Å². The van der Waals surface area contributed by atoms with Crippen LogP contribution in [0, 0.1) is 5.92 Å². The number of aliphatic hydroxyl groups excluding tert-OH is 1. The molecule has 1 fully saturated rings. The summed E-state index contributed by atoms with van der Waals surface area (Å²) in [5.74, 6) is 0.151. The molecule has 6 heteroatoms. The monoisotopic (exact) mass is 255 g/mol. The van der Waals surface area contributed by atoms with Crippen molar-refractivity contribution in [1.29, 1.82) is 0 Å². The van der Waals surface area contributed by atoms with E-state index in [2.05, 4.69) is 17.2 Å². The minimum absolute atomic E-state index is 0.189. The van der Waals surface area contributed by atoms with E-state index in [1.54, 1.807) is 6.08 Å². The van der Waals surface area contributed by atoms with Crippen molar-refractivity contribution in [3.63, 3.8) is 0 Å². The molecule has 0 saturated carbocycles. The van der Waals surface area contributed by atoms with Crippen LogP contribution in [-0.4, -0.2) is 54.7 Å². The molecule has 18 heavy (non-hydrogen) atoms. The quantitative estimate of drug-likeness (QED) is 0.569. The van der Waals surface area contributed by atoms with Crippen molar-refractivity contribution in [1.82, 2.24) is 15.5 Å². The lowest BCUT2D eigenvalue weighted by molar-refractivity contribution is -0.120. The number of nitrogens with zero attached hydrogens (tertiary/aromatic N) is 1. The minimum atomic E-state index is -0.494. The first kappa shape index (κ1) is 14.7. The molecule has 0 spiro atoms. The van der Waals surface area contributed by atoms with E-state index in [9.17, 15) is 9.59 Å². The normalized spacial score (nSPS) is 19.5. The van der Waals surface area contributed by atoms with Crippen molar-refractivity contribution in [3.8, 4) is 0 Å². The third-order valence-electron chi connectivity index (χ3n) is 2.93. The number of likely N-dealkylation sites (tertiary alicyclic amines) is 1. The van der Waals surface area contributed by atoms with E-state index in [-0.39, 0.29) is 19.1 Å². The van der Waals surface area contributed by atoms with Gasteiger partial charge >= 0.3 is 6.03 Å². The predicted molar refractivity (Wildman–Crippen MR) is 68.0 cm³/mol. The third-order valence-corrected chi connectivity index (χ3v) is 2.93. The Morgan fingerprint density at radius 3 is 2.94 bits per heavy atom. The van der Waals surface area contributed by atoms with Crippen molar-refractivity contribution >= 4 is 11.9 Å². The van der Waals surface area contributed by atoms with Gasteiger partial charge in [-0.25, -0.2) is 4.79 Å². The highest BCUT2D eigenvalue weighted by atomic mass is 16.3. The number of imide groups is 1. The van der Waals surface area contributed by atoms with E-state index < -0.39 is 6.03 Å². The number of hydrogen-bond donors (Lipinski definition) is 3. The second-order valence-electron chi connectivity index (χ2n) is 4.45. The Morgan fingerprint density at radius 1 is 1.50 bits per heavy atom. The maximum Gasteiger partial charge on any atom is 0.321 e. The van der Waals surface area contributed by atoms with E-state index in [1.165, 1.54) is 0 Å². The van der Waals surface area contributed by atoms with Gasteiger partial charge in [0.2, 0.25) is 5.91 Å². The molecule has 3 N–H and O–H groups in total. The summed E-state index contributed by atoms with van der Waals surface area (Å²) >= 11 is 0. The first-order valence-electron chi connectivity index (χ1n) is 6.17. The molecular weight excluding hydrogens is 234 g/mol. The zero-order chi connectivity index (χ0) is 13.4. The van der Waals surface area contributed by atoms with Crippen LogP contribution in [0.5, 0.6) is 0 Å². The summed E-state index contributed by atoms with van der Waals surface area (Å²) in [6, 6.07) is -0.494. The number of carbonyl (C=O) groups is 2. The van der Waals surface area contributed by atoms with Gasteiger partial charge in [-0.3, -0.25) is 15.0 Å². The number of hydrogen-bond acceptors (Lipinski definition) is 4. The Morgan fingerprint density at radius 2 is 2.28 bits per heavy atom. The Bertz CT molecular complexity index is 307. The number of carbonyl (C=O) groups excluding carboxylic acids is 2. The topological polar surface area (TPSA) is 81.7 Å². The fraction of sp³-hybridized carbons (Fsp3) is 0.667. The Hall–Kier alpha value is -1.40. The number of amides is 3. The van der Waals surface area contributed by atoms with Crippen LogP contribution in [0.15, 0.2) is 12.7 Å². The van der Waals surface area contributed by atoms with Gasteiger partial charge in [-0.1, -0.05) is 6.08 Å². The van der Waals surface area contributed by atoms with Gasteiger partial charge < -0.3 is 10.4 Å². The van der Waals surface area contributed by atoms with Crippen molar-refractivity contribution in [2.24, 2.45) is 5.92 Å². The molecule has 6 nitrogen and oxygen atoms in total. The first-order valence-corrected chi connectivity index (χ1v) is 6.17. The fourth-order valence-corrected chi connectivity index (χ4v) is 2.05. The van der Waals surface area contributed by atoms with Gasteiger partial charge in [-0.2, -0.15) is 0 Å². The smallest absolute Gasteiger partial charge is 0.321 e. The maximum atomic E-state index is 11.5. The summed E-state index contributed by atoms with van der Waals surface area (Å²) < 4.78 is 0. The minimum Gasteiger partial charge on any atom is -0.396 e. The highest BCUT2D eigenvalue weighted by Gasteiger charge is 2.23. The molecule has 0 aromatic heterocycles. The Labute approximate surface area is 107 Å². The lowest BCUT2D eigenvalue weighted by Crippen LogP contribution is -2.44. The molecule has 1 rings (SSSR count). The molecule has 0 bridgehead atoms. The number of aliphatic hydroxyl groups is 1. The highest BCUT2D eigenvalue weighted by Crippen LogP contribution is 2.18. The van der Waals surface area contributed by atoms with Crippen LogP contribution in [0.4, 0.5) is 4.79 Å². The predicted octanol–water partition coefficient (Wildman–Crippen LogP) is -0.297. The van der Waals surface area contributed by atoms with Crippen LogP contribution in [0.25, 0.3) is 0 Å². The lowest BCUT2D eigenvalue weighted by atomic mass is 10.1. The largest absolute Gasteiger partial charge is 0.396 e. The SMILES string of the molecule is C=CCNC(=O)NC(=O)CN1CCC(CCO)C1. The summed E-state index contributed by atoms with van der Waals surface area (Å²) in [6.07, 6.45) is 3.32. The molecule has 0 aromatic rings. The van der Waals surface area contributed by atoms with Crippen molar-refractivity contribution < 1.29 is 14.7 Å². The Kier molecular flexibility index (Phi) is 6.38. The van der Waals surface area contributed by atoms with Crippen molar-refractivity contribution in [3.05, 3.63) is 12.7 Å². The van der Waals surface area contributed by atoms with Crippen LogP contribution >= 0.6 is 0 Å². The number of rotatable bonds is 6. The molecular formula is C12H21N3O3. The average Bonchev–Trinajstić information content (AvgIpc) is 2.74. The van der Waals surface area contributed by atoms with Gasteiger partial charge in [0.25, 0.3) is 0 Å². The number of nitrogens with one attached hydrogen (secondary N) is 2. The summed E-state index contributed by atoms with van der Waals surface area (Å²) in [7, 11) is 0. The molecule has 1 aliphatic heterocycles. The molecule has 0 radical (unpaired) electrons. The van der Waals surface area contributed by atoms with E-state index >= 15 is 0 Å². The molecule has 3 amide bonds. The van der Waals surface area contributed by atoms with E-state index in [4.69, 9.17) is 5.11 Å². The van der Waals surface area contributed by atoms with Gasteiger partial charge in [0.1, 0.15) is 0 Å². The van der Waals surface area contributed by atoms with Gasteiger partial charge in [0.15, 0.2) is 0 Å². The molecule has 1 heterocycles. The van der Waals surface area contributed by atoms with Crippen LogP contribution in [0.2, 0.25) is 0 Å². The van der Waals surface area contributed by atoms with Crippen molar-refractivity contribution in [2.45, 2.75) is 12.8 Å². The zero-order valence-electron chi connectivity index (χ0n) is 10.5. The van der Waals surface area contributed by atoms with Gasteiger partial charge in [-0.05, 0) is 25.3 Å². The molecule has 102 valence electrons. The second kappa shape index (κ2) is 7.84. The van der Waals surface area contributed by atoms with Gasteiger partial charge in [-0.15, -0.1) is 6.58 Å². The molecule has 1 atom stereocenters.